The Labute approximate surface area is 213 Å². The van der Waals surface area contributed by atoms with Gasteiger partial charge in [0.2, 0.25) is 0 Å². The number of amides is 1. The molecule has 0 bridgehead atoms. The van der Waals surface area contributed by atoms with Crippen molar-refractivity contribution in [2.24, 2.45) is 0 Å². The Morgan fingerprint density at radius 1 is 0.972 bits per heavy atom. The SMILES string of the molecule is Cc1nc(-c2ccc(F)cc2)sc1C(=O)N1CCC2(C=Cc3cc(-c4ccccc4)ccc3O2)CC1. The monoisotopic (exact) mass is 496 g/mol. The molecule has 1 spiro atoms. The Bertz CT molecular complexity index is 1450. The maximum Gasteiger partial charge on any atom is 0.265 e. The number of benzene rings is 3. The van der Waals surface area contributed by atoms with Crippen molar-refractivity contribution in [2.45, 2.75) is 25.4 Å². The number of carbonyl (C=O) groups is 1. The molecule has 0 aliphatic carbocycles. The van der Waals surface area contributed by atoms with E-state index in [9.17, 15) is 9.18 Å². The summed E-state index contributed by atoms with van der Waals surface area (Å²) in [5.74, 6) is 0.601. The van der Waals surface area contributed by atoms with Crippen LogP contribution in [0, 0.1) is 12.7 Å². The predicted molar refractivity (Wildman–Crippen MR) is 142 cm³/mol. The number of aryl methyl sites for hydroxylation is 1. The number of piperidine rings is 1. The molecule has 6 rings (SSSR count). The normalized spacial score (nSPS) is 16.0. The Hall–Kier alpha value is -3.77. The summed E-state index contributed by atoms with van der Waals surface area (Å²) in [7, 11) is 0. The van der Waals surface area contributed by atoms with Crippen LogP contribution in [0.1, 0.15) is 33.8 Å². The lowest BCUT2D eigenvalue weighted by Gasteiger charge is -2.41. The van der Waals surface area contributed by atoms with Gasteiger partial charge >= 0.3 is 0 Å². The molecule has 1 aromatic heterocycles. The molecule has 3 aromatic carbocycles. The minimum absolute atomic E-state index is 0.000837. The fraction of sp³-hybridized carbons (Fsp3) is 0.200. The van der Waals surface area contributed by atoms with Crippen LogP contribution in [-0.2, 0) is 0 Å². The maximum atomic E-state index is 13.3. The smallest absolute Gasteiger partial charge is 0.265 e. The highest BCUT2D eigenvalue weighted by molar-refractivity contribution is 7.17. The summed E-state index contributed by atoms with van der Waals surface area (Å²) in [6.45, 7) is 3.09. The number of hydrogen-bond acceptors (Lipinski definition) is 4. The topological polar surface area (TPSA) is 42.4 Å². The van der Waals surface area contributed by atoms with Gasteiger partial charge in [0, 0.05) is 37.1 Å². The molecule has 3 heterocycles. The van der Waals surface area contributed by atoms with E-state index in [1.54, 1.807) is 12.1 Å². The first kappa shape index (κ1) is 22.7. The van der Waals surface area contributed by atoms with Crippen molar-refractivity contribution in [3.63, 3.8) is 0 Å². The highest BCUT2D eigenvalue weighted by atomic mass is 32.1. The molecule has 1 saturated heterocycles. The van der Waals surface area contributed by atoms with Crippen molar-refractivity contribution in [1.82, 2.24) is 9.88 Å². The number of carbonyl (C=O) groups excluding carboxylic acids is 1. The molecule has 0 unspecified atom stereocenters. The van der Waals surface area contributed by atoms with Crippen LogP contribution in [0.4, 0.5) is 4.39 Å². The molecule has 36 heavy (non-hydrogen) atoms. The lowest BCUT2D eigenvalue weighted by atomic mass is 9.87. The first-order chi connectivity index (χ1) is 17.5. The molecule has 4 aromatic rings. The third-order valence-electron chi connectivity index (χ3n) is 6.98. The minimum Gasteiger partial charge on any atom is -0.482 e. The molecule has 4 nitrogen and oxygen atoms in total. The molecule has 2 aliphatic rings. The average Bonchev–Trinajstić information content (AvgIpc) is 3.31. The van der Waals surface area contributed by atoms with Gasteiger partial charge in [-0.3, -0.25) is 4.79 Å². The van der Waals surface area contributed by atoms with E-state index in [1.165, 1.54) is 34.6 Å². The van der Waals surface area contributed by atoms with E-state index in [0.29, 0.717) is 23.7 Å². The summed E-state index contributed by atoms with van der Waals surface area (Å²) in [5.41, 5.74) is 4.56. The maximum absolute atomic E-state index is 13.3. The number of aromatic nitrogens is 1. The van der Waals surface area contributed by atoms with Gasteiger partial charge in [-0.2, -0.15) is 0 Å². The highest BCUT2D eigenvalue weighted by Crippen LogP contribution is 2.39. The number of ether oxygens (including phenoxy) is 1. The van der Waals surface area contributed by atoms with Gasteiger partial charge in [-0.1, -0.05) is 42.5 Å². The molecule has 1 amide bonds. The van der Waals surface area contributed by atoms with Crippen LogP contribution in [0.5, 0.6) is 5.75 Å². The summed E-state index contributed by atoms with van der Waals surface area (Å²) in [4.78, 5) is 20.5. The number of nitrogens with zero attached hydrogens (tertiary/aromatic N) is 2. The van der Waals surface area contributed by atoms with Gasteiger partial charge in [0.25, 0.3) is 5.91 Å². The number of hydrogen-bond donors (Lipinski definition) is 0. The van der Waals surface area contributed by atoms with Crippen LogP contribution in [0.25, 0.3) is 27.8 Å². The average molecular weight is 497 g/mol. The highest BCUT2D eigenvalue weighted by Gasteiger charge is 2.38. The molecule has 0 N–H and O–H groups in total. The van der Waals surface area contributed by atoms with Crippen LogP contribution < -0.4 is 4.74 Å². The molecular formula is C30H25FN2O2S. The summed E-state index contributed by atoms with van der Waals surface area (Å²) < 4.78 is 19.8. The summed E-state index contributed by atoms with van der Waals surface area (Å²) in [6.07, 6.45) is 5.79. The van der Waals surface area contributed by atoms with Crippen LogP contribution in [0.3, 0.4) is 0 Å². The second-order valence-corrected chi connectivity index (χ2v) is 10.4. The third kappa shape index (κ3) is 4.22. The zero-order valence-corrected chi connectivity index (χ0v) is 20.7. The second-order valence-electron chi connectivity index (χ2n) is 9.35. The molecule has 0 saturated carbocycles. The zero-order chi connectivity index (χ0) is 24.7. The molecule has 180 valence electrons. The van der Waals surface area contributed by atoms with Gasteiger partial charge in [0.05, 0.1) is 5.69 Å². The van der Waals surface area contributed by atoms with Crippen molar-refractivity contribution >= 4 is 23.3 Å². The molecule has 0 radical (unpaired) electrons. The summed E-state index contributed by atoms with van der Waals surface area (Å²) in [6, 6.07) is 22.9. The van der Waals surface area contributed by atoms with Gasteiger partial charge in [-0.05, 0) is 60.5 Å². The van der Waals surface area contributed by atoms with E-state index >= 15 is 0 Å². The zero-order valence-electron chi connectivity index (χ0n) is 19.9. The van der Waals surface area contributed by atoms with E-state index < -0.39 is 0 Å². The van der Waals surface area contributed by atoms with Gasteiger partial charge < -0.3 is 9.64 Å². The Balaban J connectivity index is 1.15. The van der Waals surface area contributed by atoms with Crippen LogP contribution in [0.15, 0.2) is 78.9 Å². The predicted octanol–water partition coefficient (Wildman–Crippen LogP) is 7.01. The van der Waals surface area contributed by atoms with Crippen molar-refractivity contribution in [1.29, 1.82) is 0 Å². The molecule has 2 aliphatic heterocycles. The van der Waals surface area contributed by atoms with Gasteiger partial charge in [-0.25, -0.2) is 9.37 Å². The Morgan fingerprint density at radius 3 is 2.44 bits per heavy atom. The molecule has 1 fully saturated rings. The fourth-order valence-electron chi connectivity index (χ4n) is 4.89. The Morgan fingerprint density at radius 2 is 1.69 bits per heavy atom. The van der Waals surface area contributed by atoms with Crippen LogP contribution in [-0.4, -0.2) is 34.5 Å². The van der Waals surface area contributed by atoms with Gasteiger partial charge in [0.1, 0.15) is 27.1 Å². The van der Waals surface area contributed by atoms with E-state index in [1.807, 2.05) is 30.0 Å². The van der Waals surface area contributed by atoms with Crippen molar-refractivity contribution in [2.75, 3.05) is 13.1 Å². The van der Waals surface area contributed by atoms with Crippen molar-refractivity contribution < 1.29 is 13.9 Å². The molecule has 6 heteroatoms. The second kappa shape index (κ2) is 9.03. The van der Waals surface area contributed by atoms with Crippen molar-refractivity contribution in [3.8, 4) is 27.4 Å². The van der Waals surface area contributed by atoms with Gasteiger partial charge in [0.15, 0.2) is 0 Å². The number of fused-ring (bicyclic) bond motifs is 1. The van der Waals surface area contributed by atoms with Crippen molar-refractivity contribution in [3.05, 3.63) is 101 Å². The number of thiazole rings is 1. The fourth-order valence-corrected chi connectivity index (χ4v) is 5.93. The van der Waals surface area contributed by atoms with E-state index in [0.717, 1.165) is 34.7 Å². The first-order valence-corrected chi connectivity index (χ1v) is 12.9. The largest absolute Gasteiger partial charge is 0.482 e. The quantitative estimate of drug-likeness (QED) is 0.307. The standard InChI is InChI=1S/C30H25FN2O2S/c1-20-27(36-28(32-20)22-7-10-25(31)11-8-22)29(34)33-17-15-30(16-18-33)14-13-24-19-23(9-12-26(24)35-30)21-5-3-2-4-6-21/h2-14,19H,15-18H2,1H3. The van der Waals surface area contributed by atoms with Gasteiger partial charge in [-0.15, -0.1) is 11.3 Å². The molecule has 0 atom stereocenters. The van der Waals surface area contributed by atoms with E-state index in [2.05, 4.69) is 47.5 Å². The van der Waals surface area contributed by atoms with Crippen LogP contribution in [0.2, 0.25) is 0 Å². The summed E-state index contributed by atoms with van der Waals surface area (Å²) in [5, 5.41) is 0.731. The number of rotatable bonds is 3. The number of likely N-dealkylation sites (tertiary alicyclic amines) is 1. The summed E-state index contributed by atoms with van der Waals surface area (Å²) >= 11 is 1.37. The minimum atomic E-state index is -0.389. The van der Waals surface area contributed by atoms with E-state index in [-0.39, 0.29) is 17.3 Å². The third-order valence-corrected chi connectivity index (χ3v) is 8.17. The lowest BCUT2D eigenvalue weighted by Crippen LogP contribution is -2.49. The Kier molecular flexibility index (Phi) is 5.69. The molecular weight excluding hydrogens is 471 g/mol. The van der Waals surface area contributed by atoms with E-state index in [4.69, 9.17) is 4.74 Å². The number of halogens is 1. The first-order valence-electron chi connectivity index (χ1n) is 12.1. The lowest BCUT2D eigenvalue weighted by molar-refractivity contribution is 0.0331. The van der Waals surface area contributed by atoms with Crippen LogP contribution >= 0.6 is 11.3 Å².